The molecule has 0 saturated heterocycles. The van der Waals surface area contributed by atoms with Crippen molar-refractivity contribution in [2.45, 2.75) is 84.3 Å². The van der Waals surface area contributed by atoms with E-state index in [2.05, 4.69) is 43.3 Å². The van der Waals surface area contributed by atoms with Crippen LogP contribution in [-0.4, -0.2) is 16.9 Å². The topological polar surface area (TPSA) is 41.8 Å². The predicted octanol–water partition coefficient (Wildman–Crippen LogP) is 5.96. The first-order chi connectivity index (χ1) is 14.0. The van der Waals surface area contributed by atoms with Crippen LogP contribution in [0, 0.1) is 34.5 Å². The fraction of sp³-hybridized carbons (Fsp3) is 0.731. The molecule has 0 radical (unpaired) electrons. The molecule has 1 aromatic rings. The van der Waals surface area contributed by atoms with Crippen molar-refractivity contribution in [2.75, 3.05) is 0 Å². The molecule has 0 aliphatic heterocycles. The van der Waals surface area contributed by atoms with E-state index in [0.29, 0.717) is 12.0 Å². The Morgan fingerprint density at radius 3 is 2.59 bits per heavy atom. The van der Waals surface area contributed by atoms with E-state index in [1.807, 2.05) is 6.07 Å². The molecule has 0 spiro atoms. The van der Waals surface area contributed by atoms with Gasteiger partial charge in [-0.3, -0.25) is 0 Å². The fourth-order valence-electron chi connectivity index (χ4n) is 7.89. The molecule has 4 saturated carbocycles. The summed E-state index contributed by atoms with van der Waals surface area (Å²) in [5.41, 5.74) is 3.11. The number of benzene rings is 1. The Hall–Kier alpha value is -1.35. The lowest BCUT2D eigenvalue weighted by Crippen LogP contribution is -2.54. The largest absolute Gasteiger partial charge is 0.393 e. The SMILES string of the molecule is C[C@]12CC/C(=N/OCc3ccccc3)C[C@@H]1CC[C@@H]1[C@@H]2CC[C@]2(C)[C@@H](O)CC[C@@H]12. The monoisotopic (exact) mass is 395 g/mol. The lowest BCUT2D eigenvalue weighted by Gasteiger charge is -2.60. The maximum Gasteiger partial charge on any atom is 0.142 e. The van der Waals surface area contributed by atoms with Crippen LogP contribution >= 0.6 is 0 Å². The summed E-state index contributed by atoms with van der Waals surface area (Å²) in [4.78, 5) is 5.72. The van der Waals surface area contributed by atoms with Gasteiger partial charge in [0.1, 0.15) is 6.61 Å². The Bertz CT molecular complexity index is 761. The van der Waals surface area contributed by atoms with E-state index in [-0.39, 0.29) is 11.5 Å². The highest BCUT2D eigenvalue weighted by atomic mass is 16.6. The fourth-order valence-corrected chi connectivity index (χ4v) is 7.89. The number of aliphatic hydroxyl groups excluding tert-OH is 1. The second kappa shape index (κ2) is 7.41. The number of rotatable bonds is 3. The zero-order chi connectivity index (χ0) is 20.1. The Morgan fingerprint density at radius 1 is 0.966 bits per heavy atom. The molecule has 4 aliphatic carbocycles. The summed E-state index contributed by atoms with van der Waals surface area (Å²) in [7, 11) is 0. The number of oxime groups is 1. The molecule has 4 fully saturated rings. The van der Waals surface area contributed by atoms with E-state index in [1.54, 1.807) is 0 Å². The molecule has 29 heavy (non-hydrogen) atoms. The second-order valence-corrected chi connectivity index (χ2v) is 10.9. The van der Waals surface area contributed by atoms with E-state index in [9.17, 15) is 5.11 Å². The molecule has 0 amide bonds. The van der Waals surface area contributed by atoms with Crippen molar-refractivity contribution in [1.29, 1.82) is 0 Å². The third kappa shape index (κ3) is 3.24. The van der Waals surface area contributed by atoms with Crippen molar-refractivity contribution >= 4 is 5.71 Å². The van der Waals surface area contributed by atoms with Crippen LogP contribution in [0.4, 0.5) is 0 Å². The van der Waals surface area contributed by atoms with Crippen molar-refractivity contribution in [2.24, 2.45) is 39.7 Å². The Morgan fingerprint density at radius 2 is 1.76 bits per heavy atom. The van der Waals surface area contributed by atoms with Gasteiger partial charge in [-0.25, -0.2) is 0 Å². The van der Waals surface area contributed by atoms with E-state index >= 15 is 0 Å². The molecule has 0 unspecified atom stereocenters. The van der Waals surface area contributed by atoms with Gasteiger partial charge in [0.2, 0.25) is 0 Å². The van der Waals surface area contributed by atoms with Crippen LogP contribution in [0.1, 0.15) is 77.2 Å². The van der Waals surface area contributed by atoms with Crippen LogP contribution in [0.3, 0.4) is 0 Å². The molecule has 3 nitrogen and oxygen atoms in total. The van der Waals surface area contributed by atoms with Crippen molar-refractivity contribution < 1.29 is 9.94 Å². The lowest BCUT2D eigenvalue weighted by atomic mass is 9.45. The van der Waals surface area contributed by atoms with E-state index in [1.165, 1.54) is 49.8 Å². The van der Waals surface area contributed by atoms with Crippen molar-refractivity contribution in [3.05, 3.63) is 35.9 Å². The molecule has 0 aromatic heterocycles. The second-order valence-electron chi connectivity index (χ2n) is 10.9. The van der Waals surface area contributed by atoms with Crippen LogP contribution < -0.4 is 0 Å². The van der Waals surface area contributed by atoms with Gasteiger partial charge in [0, 0.05) is 0 Å². The molecular formula is C26H37NO2. The van der Waals surface area contributed by atoms with Gasteiger partial charge in [-0.15, -0.1) is 0 Å². The van der Waals surface area contributed by atoms with E-state index in [0.717, 1.165) is 42.9 Å². The molecule has 0 heterocycles. The molecule has 0 bridgehead atoms. The van der Waals surface area contributed by atoms with E-state index < -0.39 is 0 Å². The maximum atomic E-state index is 10.6. The van der Waals surface area contributed by atoms with Crippen LogP contribution in [0.25, 0.3) is 0 Å². The highest BCUT2D eigenvalue weighted by Crippen LogP contribution is 2.65. The number of hydrogen-bond donors (Lipinski definition) is 1. The predicted molar refractivity (Wildman–Crippen MR) is 116 cm³/mol. The molecule has 1 N–H and O–H groups in total. The number of aliphatic hydroxyl groups is 1. The molecule has 3 heteroatoms. The number of nitrogens with zero attached hydrogens (tertiary/aromatic N) is 1. The van der Waals surface area contributed by atoms with Crippen molar-refractivity contribution in [1.82, 2.24) is 0 Å². The summed E-state index contributed by atoms with van der Waals surface area (Å²) in [5.74, 6) is 3.18. The first-order valence-electron chi connectivity index (χ1n) is 11.9. The Balaban J connectivity index is 1.26. The minimum atomic E-state index is -0.0640. The van der Waals surface area contributed by atoms with Crippen LogP contribution in [0.2, 0.25) is 0 Å². The summed E-state index contributed by atoms with van der Waals surface area (Å²) in [6.07, 6.45) is 10.9. The molecule has 1 aromatic carbocycles. The quantitative estimate of drug-likeness (QED) is 0.641. The summed E-state index contributed by atoms with van der Waals surface area (Å²) < 4.78 is 0. The summed E-state index contributed by atoms with van der Waals surface area (Å²) in [6.45, 7) is 5.54. The zero-order valence-corrected chi connectivity index (χ0v) is 18.1. The molecule has 4 aliphatic rings. The lowest BCUT2D eigenvalue weighted by molar-refractivity contribution is -0.112. The van der Waals surface area contributed by atoms with Crippen molar-refractivity contribution in [3.63, 3.8) is 0 Å². The molecular weight excluding hydrogens is 358 g/mol. The molecule has 158 valence electrons. The van der Waals surface area contributed by atoms with Crippen LogP contribution in [0.5, 0.6) is 0 Å². The van der Waals surface area contributed by atoms with Gasteiger partial charge in [-0.1, -0.05) is 49.3 Å². The van der Waals surface area contributed by atoms with Gasteiger partial charge in [-0.2, -0.15) is 0 Å². The molecule has 5 rings (SSSR count). The third-order valence-corrected chi connectivity index (χ3v) is 9.72. The number of hydrogen-bond acceptors (Lipinski definition) is 3. The van der Waals surface area contributed by atoms with Gasteiger partial charge in [0.15, 0.2) is 0 Å². The van der Waals surface area contributed by atoms with Crippen LogP contribution in [0.15, 0.2) is 35.5 Å². The summed E-state index contributed by atoms with van der Waals surface area (Å²) in [5, 5.41) is 15.2. The maximum absolute atomic E-state index is 10.6. The van der Waals surface area contributed by atoms with Gasteiger partial charge < -0.3 is 9.94 Å². The van der Waals surface area contributed by atoms with Gasteiger partial charge >= 0.3 is 0 Å². The zero-order valence-electron chi connectivity index (χ0n) is 18.1. The third-order valence-electron chi connectivity index (χ3n) is 9.72. The van der Waals surface area contributed by atoms with Gasteiger partial charge in [-0.05, 0) is 97.9 Å². The summed E-state index contributed by atoms with van der Waals surface area (Å²) in [6, 6.07) is 10.3. The smallest absolute Gasteiger partial charge is 0.142 e. The normalized spacial score (nSPS) is 45.3. The average Bonchev–Trinajstić information content (AvgIpc) is 3.04. The van der Waals surface area contributed by atoms with Crippen molar-refractivity contribution in [3.8, 4) is 0 Å². The average molecular weight is 396 g/mol. The van der Waals surface area contributed by atoms with Crippen LogP contribution in [-0.2, 0) is 11.4 Å². The molecule has 7 atom stereocenters. The highest BCUT2D eigenvalue weighted by molar-refractivity contribution is 5.85. The van der Waals surface area contributed by atoms with E-state index in [4.69, 9.17) is 4.84 Å². The minimum Gasteiger partial charge on any atom is -0.393 e. The standard InChI is InChI=1S/C26H37NO2/c1-25-14-12-20(27-29-17-18-6-4-3-5-7-18)16-19(25)8-9-21-22-10-11-24(28)26(22,2)15-13-23(21)25/h3-7,19,21-24,28H,8-17H2,1-2H3/b27-20-/t19-,21-,22-,23-,24-,25-,26-/m0/s1. The summed E-state index contributed by atoms with van der Waals surface area (Å²) >= 11 is 0. The first kappa shape index (κ1) is 19.6. The Labute approximate surface area is 175 Å². The van der Waals surface area contributed by atoms with Gasteiger partial charge in [0.05, 0.1) is 11.8 Å². The first-order valence-corrected chi connectivity index (χ1v) is 11.9. The highest BCUT2D eigenvalue weighted by Gasteiger charge is 2.59. The Kier molecular flexibility index (Phi) is 5.01. The van der Waals surface area contributed by atoms with Gasteiger partial charge in [0.25, 0.3) is 0 Å². The minimum absolute atomic E-state index is 0.0640. The number of fused-ring (bicyclic) bond motifs is 5.